The Balaban J connectivity index is 3.03. The fraction of sp³-hybridized carbons (Fsp3) is 1.00. The number of nitrogens with zero attached hydrogens (tertiary/aromatic N) is 1. The van der Waals surface area contributed by atoms with Crippen molar-refractivity contribution in [2.24, 2.45) is 0 Å². The summed E-state index contributed by atoms with van der Waals surface area (Å²) in [5.74, 6) is 0. The van der Waals surface area contributed by atoms with Gasteiger partial charge >= 0.3 is 8.72 Å². The summed E-state index contributed by atoms with van der Waals surface area (Å²) in [4.78, 5) is 0. The number of hydrogen-bond acceptors (Lipinski definition) is 3. The molecule has 0 aromatic carbocycles. The van der Waals surface area contributed by atoms with Gasteiger partial charge in [0.15, 0.2) is 0 Å². The molecule has 0 aromatic rings. The molecule has 0 N–H and O–H groups in total. The lowest BCUT2D eigenvalue weighted by Gasteiger charge is -2.50. The standard InChI is InChI=1S/C13H29NO2Si/c1-7-12-10-8-9-11-14(12)17(15-5,16-6)13(2,3)4/h12H,7-11H2,1-6H3. The van der Waals surface area contributed by atoms with Crippen LogP contribution in [0.2, 0.25) is 5.04 Å². The molecule has 1 fully saturated rings. The van der Waals surface area contributed by atoms with Gasteiger partial charge in [-0.15, -0.1) is 0 Å². The molecule has 1 aliphatic heterocycles. The SMILES string of the molecule is CCC1CCCCN1[Si](OC)(OC)C(C)(C)C. The Bertz CT molecular complexity index is 236. The van der Waals surface area contributed by atoms with Crippen LogP contribution in [0.3, 0.4) is 0 Å². The van der Waals surface area contributed by atoms with Gasteiger partial charge in [0.25, 0.3) is 0 Å². The lowest BCUT2D eigenvalue weighted by atomic mass is 10.0. The summed E-state index contributed by atoms with van der Waals surface area (Å²) in [5.41, 5.74) is 0. The van der Waals surface area contributed by atoms with E-state index in [4.69, 9.17) is 8.85 Å². The monoisotopic (exact) mass is 259 g/mol. The maximum atomic E-state index is 5.97. The topological polar surface area (TPSA) is 21.7 Å². The second kappa shape index (κ2) is 5.82. The fourth-order valence-corrected chi connectivity index (χ4v) is 7.14. The van der Waals surface area contributed by atoms with E-state index in [0.717, 1.165) is 6.54 Å². The highest BCUT2D eigenvalue weighted by Gasteiger charge is 2.55. The third kappa shape index (κ3) is 2.75. The Labute approximate surface area is 108 Å². The van der Waals surface area contributed by atoms with Crippen molar-refractivity contribution in [3.63, 3.8) is 0 Å². The molecule has 1 aliphatic rings. The van der Waals surface area contributed by atoms with Crippen LogP contribution in [0.15, 0.2) is 0 Å². The molecule has 3 nitrogen and oxygen atoms in total. The summed E-state index contributed by atoms with van der Waals surface area (Å²) in [6.07, 6.45) is 5.09. The predicted octanol–water partition coefficient (Wildman–Crippen LogP) is 3.28. The highest BCUT2D eigenvalue weighted by atomic mass is 28.4. The van der Waals surface area contributed by atoms with Crippen LogP contribution in [0.1, 0.15) is 53.4 Å². The van der Waals surface area contributed by atoms with E-state index in [9.17, 15) is 0 Å². The van der Waals surface area contributed by atoms with Gasteiger partial charge in [0, 0.05) is 25.3 Å². The molecule has 1 heterocycles. The average molecular weight is 259 g/mol. The van der Waals surface area contributed by atoms with Crippen molar-refractivity contribution in [2.45, 2.75) is 64.5 Å². The molecule has 0 spiro atoms. The second-order valence-corrected chi connectivity index (χ2v) is 10.0. The first-order chi connectivity index (χ1) is 7.93. The van der Waals surface area contributed by atoms with Gasteiger partial charge in [0.2, 0.25) is 0 Å². The van der Waals surface area contributed by atoms with Crippen LogP contribution in [0, 0.1) is 0 Å². The van der Waals surface area contributed by atoms with Crippen molar-refractivity contribution < 1.29 is 8.85 Å². The maximum Gasteiger partial charge on any atom is 0.433 e. The highest BCUT2D eigenvalue weighted by molar-refractivity contribution is 6.67. The summed E-state index contributed by atoms with van der Waals surface area (Å²) in [7, 11) is 1.35. The van der Waals surface area contributed by atoms with E-state index in [2.05, 4.69) is 32.3 Å². The zero-order valence-corrected chi connectivity index (χ0v) is 13.4. The quantitative estimate of drug-likeness (QED) is 0.723. The lowest BCUT2D eigenvalue weighted by Crippen LogP contribution is -2.67. The molecule has 0 saturated carbocycles. The summed E-state index contributed by atoms with van der Waals surface area (Å²) < 4.78 is 14.5. The number of rotatable bonds is 4. The Morgan fingerprint density at radius 1 is 1.18 bits per heavy atom. The van der Waals surface area contributed by atoms with Gasteiger partial charge < -0.3 is 8.85 Å². The summed E-state index contributed by atoms with van der Waals surface area (Å²) >= 11 is 0. The molecule has 102 valence electrons. The van der Waals surface area contributed by atoms with E-state index in [1.165, 1.54) is 25.7 Å². The van der Waals surface area contributed by atoms with Gasteiger partial charge in [-0.3, -0.25) is 4.57 Å². The van der Waals surface area contributed by atoms with Crippen LogP contribution in [0.4, 0.5) is 0 Å². The van der Waals surface area contributed by atoms with Gasteiger partial charge in [0.05, 0.1) is 0 Å². The Morgan fingerprint density at radius 2 is 1.76 bits per heavy atom. The first-order valence-corrected chi connectivity index (χ1v) is 8.56. The van der Waals surface area contributed by atoms with Gasteiger partial charge in [-0.2, -0.15) is 0 Å². The van der Waals surface area contributed by atoms with Crippen LogP contribution < -0.4 is 0 Å². The van der Waals surface area contributed by atoms with Crippen LogP contribution in [-0.2, 0) is 8.85 Å². The Morgan fingerprint density at radius 3 is 2.18 bits per heavy atom. The van der Waals surface area contributed by atoms with Crippen LogP contribution in [-0.4, -0.2) is 40.1 Å². The first kappa shape index (κ1) is 15.2. The zero-order chi connectivity index (χ0) is 13.1. The summed E-state index contributed by atoms with van der Waals surface area (Å²) in [6, 6.07) is 0.634. The summed E-state index contributed by atoms with van der Waals surface area (Å²) in [6.45, 7) is 10.1. The van der Waals surface area contributed by atoms with E-state index < -0.39 is 8.72 Å². The molecular formula is C13H29NO2Si. The molecular weight excluding hydrogens is 230 g/mol. The minimum absolute atomic E-state index is 0.0707. The third-order valence-electron chi connectivity index (χ3n) is 3.98. The smallest absolute Gasteiger partial charge is 0.386 e. The highest BCUT2D eigenvalue weighted by Crippen LogP contribution is 2.42. The van der Waals surface area contributed by atoms with Gasteiger partial charge in [-0.25, -0.2) is 0 Å². The molecule has 1 atom stereocenters. The van der Waals surface area contributed by atoms with Crippen molar-refractivity contribution >= 4 is 8.72 Å². The Hall–Kier alpha value is 0.0969. The third-order valence-corrected chi connectivity index (χ3v) is 8.32. The van der Waals surface area contributed by atoms with Crippen molar-refractivity contribution in [3.8, 4) is 0 Å². The fourth-order valence-electron chi connectivity index (χ4n) is 3.17. The zero-order valence-electron chi connectivity index (χ0n) is 12.4. The lowest BCUT2D eigenvalue weighted by molar-refractivity contribution is 0.0930. The van der Waals surface area contributed by atoms with E-state index in [1.807, 2.05) is 14.2 Å². The average Bonchev–Trinajstić information content (AvgIpc) is 2.30. The Kier molecular flexibility index (Phi) is 5.19. The number of piperidine rings is 1. The van der Waals surface area contributed by atoms with Gasteiger partial charge in [-0.05, 0) is 25.8 Å². The van der Waals surface area contributed by atoms with E-state index in [1.54, 1.807) is 0 Å². The molecule has 4 heteroatoms. The van der Waals surface area contributed by atoms with Crippen LogP contribution in [0.5, 0.6) is 0 Å². The van der Waals surface area contributed by atoms with E-state index in [-0.39, 0.29) is 5.04 Å². The van der Waals surface area contributed by atoms with E-state index in [0.29, 0.717) is 6.04 Å². The molecule has 0 aliphatic carbocycles. The van der Waals surface area contributed by atoms with Crippen molar-refractivity contribution in [1.29, 1.82) is 0 Å². The molecule has 0 radical (unpaired) electrons. The van der Waals surface area contributed by atoms with E-state index >= 15 is 0 Å². The molecule has 0 amide bonds. The molecule has 0 aromatic heterocycles. The van der Waals surface area contributed by atoms with Crippen molar-refractivity contribution in [2.75, 3.05) is 20.8 Å². The van der Waals surface area contributed by atoms with Crippen LogP contribution >= 0.6 is 0 Å². The molecule has 0 bridgehead atoms. The minimum atomic E-state index is -2.29. The van der Waals surface area contributed by atoms with Crippen LogP contribution in [0.25, 0.3) is 0 Å². The first-order valence-electron chi connectivity index (χ1n) is 6.80. The predicted molar refractivity (Wildman–Crippen MR) is 74.1 cm³/mol. The largest absolute Gasteiger partial charge is 0.433 e. The van der Waals surface area contributed by atoms with Crippen molar-refractivity contribution in [1.82, 2.24) is 4.57 Å². The maximum absolute atomic E-state index is 5.97. The van der Waals surface area contributed by atoms with Gasteiger partial charge in [-0.1, -0.05) is 34.1 Å². The molecule has 1 rings (SSSR count). The normalized spacial score (nSPS) is 24.0. The summed E-state index contributed by atoms with van der Waals surface area (Å²) in [5, 5.41) is 0.0707. The molecule has 1 saturated heterocycles. The van der Waals surface area contributed by atoms with Crippen molar-refractivity contribution in [3.05, 3.63) is 0 Å². The minimum Gasteiger partial charge on any atom is -0.386 e. The second-order valence-electron chi connectivity index (χ2n) is 5.99. The number of hydrogen-bond donors (Lipinski definition) is 0. The molecule has 1 unspecified atom stereocenters. The van der Waals surface area contributed by atoms with Gasteiger partial charge in [0.1, 0.15) is 0 Å². The molecule has 17 heavy (non-hydrogen) atoms.